The number of carbonyl (C=O) groups excluding carboxylic acids is 1. The Morgan fingerprint density at radius 2 is 1.83 bits per heavy atom. The number of nitrogens with zero attached hydrogens (tertiary/aromatic N) is 3. The highest BCUT2D eigenvalue weighted by molar-refractivity contribution is 5.83. The summed E-state index contributed by atoms with van der Waals surface area (Å²) in [6.07, 6.45) is 1.66. The number of aryl methyl sites for hydroxylation is 1. The van der Waals surface area contributed by atoms with Gasteiger partial charge < -0.3 is 18.9 Å². The molecule has 7 heteroatoms. The minimum atomic E-state index is -0.866. The molecule has 0 spiro atoms. The Labute approximate surface area is 242 Å². The highest BCUT2D eigenvalue weighted by Crippen LogP contribution is 2.38. The molecule has 0 saturated heterocycles. The second kappa shape index (κ2) is 13.1. The standard InChI is InChI=1S/C34H42FN3O3/c1-23(2)41-33(39)22-40-32(26-14-13-24-9-5-6-10-25(24)19-26)17-18-37(3)21-28-16-15-27(20-29(28)35)34-36-30-11-7-8-12-31(30)38(34)4/h5-14,19,23,27-29,32H,15-18,20-22H2,1-4H3/t27-,28-,29?,32?/m0/s1. The first-order valence-electron chi connectivity index (χ1n) is 14.8. The molecule has 1 aliphatic carbocycles. The topological polar surface area (TPSA) is 56.6 Å². The van der Waals surface area contributed by atoms with Gasteiger partial charge in [-0.15, -0.1) is 0 Å². The van der Waals surface area contributed by atoms with Crippen molar-refractivity contribution in [1.29, 1.82) is 0 Å². The lowest BCUT2D eigenvalue weighted by Crippen LogP contribution is -2.36. The van der Waals surface area contributed by atoms with Gasteiger partial charge >= 0.3 is 5.97 Å². The van der Waals surface area contributed by atoms with Crippen molar-refractivity contribution >= 4 is 27.8 Å². The zero-order valence-electron chi connectivity index (χ0n) is 24.6. The number of rotatable bonds is 11. The Hall–Kier alpha value is -3.29. The van der Waals surface area contributed by atoms with Crippen LogP contribution in [-0.4, -0.2) is 59.4 Å². The molecule has 0 amide bonds. The van der Waals surface area contributed by atoms with Gasteiger partial charge in [0.15, 0.2) is 0 Å². The summed E-state index contributed by atoms with van der Waals surface area (Å²) in [7, 11) is 4.09. The molecule has 1 aliphatic rings. The van der Waals surface area contributed by atoms with Crippen LogP contribution in [0.2, 0.25) is 0 Å². The van der Waals surface area contributed by atoms with Gasteiger partial charge in [0.1, 0.15) is 18.6 Å². The summed E-state index contributed by atoms with van der Waals surface area (Å²) in [5.41, 5.74) is 3.10. The lowest BCUT2D eigenvalue weighted by atomic mass is 9.80. The number of fused-ring (bicyclic) bond motifs is 2. The lowest BCUT2D eigenvalue weighted by molar-refractivity contribution is -0.155. The van der Waals surface area contributed by atoms with Gasteiger partial charge in [-0.2, -0.15) is 0 Å². The summed E-state index contributed by atoms with van der Waals surface area (Å²) in [5, 5.41) is 2.30. The van der Waals surface area contributed by atoms with E-state index in [1.807, 2.05) is 51.2 Å². The molecule has 4 atom stereocenters. The van der Waals surface area contributed by atoms with E-state index in [2.05, 4.69) is 52.9 Å². The van der Waals surface area contributed by atoms with Crippen LogP contribution in [0.4, 0.5) is 4.39 Å². The van der Waals surface area contributed by atoms with Crippen molar-refractivity contribution in [2.75, 3.05) is 26.7 Å². The maximum Gasteiger partial charge on any atom is 0.332 e. The summed E-state index contributed by atoms with van der Waals surface area (Å²) in [6.45, 7) is 4.98. The molecular formula is C34H42FN3O3. The minimum absolute atomic E-state index is 0.00742. The first kappa shape index (κ1) is 29.2. The molecule has 4 aromatic rings. The third-order valence-corrected chi connectivity index (χ3v) is 8.33. The van der Waals surface area contributed by atoms with Crippen LogP contribution in [0.25, 0.3) is 21.8 Å². The average molecular weight is 560 g/mol. The van der Waals surface area contributed by atoms with Gasteiger partial charge in [-0.1, -0.05) is 48.5 Å². The molecule has 6 nitrogen and oxygen atoms in total. The molecule has 218 valence electrons. The number of benzene rings is 3. The van der Waals surface area contributed by atoms with Crippen molar-refractivity contribution in [3.8, 4) is 0 Å². The molecule has 0 aliphatic heterocycles. The fraction of sp³-hybridized carbons (Fsp3) is 0.471. The number of hydrogen-bond donors (Lipinski definition) is 0. The number of esters is 1. The number of hydrogen-bond acceptors (Lipinski definition) is 5. The van der Waals surface area contributed by atoms with E-state index in [4.69, 9.17) is 14.5 Å². The van der Waals surface area contributed by atoms with Crippen LogP contribution in [0.5, 0.6) is 0 Å². The van der Waals surface area contributed by atoms with Crippen LogP contribution >= 0.6 is 0 Å². The zero-order valence-corrected chi connectivity index (χ0v) is 24.6. The Kier molecular flexibility index (Phi) is 9.35. The molecule has 0 N–H and O–H groups in total. The minimum Gasteiger partial charge on any atom is -0.461 e. The molecule has 41 heavy (non-hydrogen) atoms. The second-order valence-corrected chi connectivity index (χ2v) is 11.8. The van der Waals surface area contributed by atoms with Gasteiger partial charge in [0, 0.05) is 32.0 Å². The fourth-order valence-corrected chi connectivity index (χ4v) is 6.20. The molecule has 3 aromatic carbocycles. The zero-order chi connectivity index (χ0) is 28.9. The molecule has 5 rings (SSSR count). The van der Waals surface area contributed by atoms with E-state index in [9.17, 15) is 4.79 Å². The normalized spacial score (nSPS) is 20.2. The number of aromatic nitrogens is 2. The molecule has 0 bridgehead atoms. The summed E-state index contributed by atoms with van der Waals surface area (Å²) in [4.78, 5) is 19.3. The van der Waals surface area contributed by atoms with Gasteiger partial charge in [-0.25, -0.2) is 14.2 Å². The Balaban J connectivity index is 1.19. The van der Waals surface area contributed by atoms with E-state index in [1.165, 1.54) is 0 Å². The van der Waals surface area contributed by atoms with Crippen molar-refractivity contribution in [3.05, 3.63) is 78.1 Å². The third-order valence-electron chi connectivity index (χ3n) is 8.33. The maximum atomic E-state index is 15.5. The number of carbonyl (C=O) groups is 1. The van der Waals surface area contributed by atoms with Crippen LogP contribution in [0, 0.1) is 5.92 Å². The summed E-state index contributed by atoms with van der Waals surface area (Å²) in [6, 6.07) is 22.6. The first-order chi connectivity index (χ1) is 19.8. The predicted molar refractivity (Wildman–Crippen MR) is 162 cm³/mol. The van der Waals surface area contributed by atoms with Gasteiger partial charge in [0.2, 0.25) is 0 Å². The van der Waals surface area contributed by atoms with Crippen LogP contribution in [0.1, 0.15) is 62.9 Å². The van der Waals surface area contributed by atoms with Gasteiger partial charge in [0.25, 0.3) is 0 Å². The highest BCUT2D eigenvalue weighted by Gasteiger charge is 2.34. The van der Waals surface area contributed by atoms with E-state index < -0.39 is 6.17 Å². The number of ether oxygens (including phenoxy) is 2. The van der Waals surface area contributed by atoms with Crippen molar-refractivity contribution in [1.82, 2.24) is 14.5 Å². The number of imidazole rings is 1. The Bertz CT molecular complexity index is 1470. The van der Waals surface area contributed by atoms with Gasteiger partial charge in [0.05, 0.1) is 23.2 Å². The van der Waals surface area contributed by atoms with E-state index in [0.717, 1.165) is 52.6 Å². The molecule has 1 fully saturated rings. The third kappa shape index (κ3) is 7.14. The summed E-state index contributed by atoms with van der Waals surface area (Å²) >= 11 is 0. The van der Waals surface area contributed by atoms with Gasteiger partial charge in [-0.3, -0.25) is 0 Å². The van der Waals surface area contributed by atoms with Crippen LogP contribution in [0.3, 0.4) is 0 Å². The van der Waals surface area contributed by atoms with E-state index in [-0.39, 0.29) is 36.6 Å². The average Bonchev–Trinajstić information content (AvgIpc) is 3.30. The highest BCUT2D eigenvalue weighted by atomic mass is 19.1. The van der Waals surface area contributed by atoms with Crippen LogP contribution in [-0.2, 0) is 21.3 Å². The van der Waals surface area contributed by atoms with Crippen molar-refractivity contribution in [3.63, 3.8) is 0 Å². The lowest BCUT2D eigenvalue weighted by Gasteiger charge is -2.34. The number of halogens is 1. The van der Waals surface area contributed by atoms with Crippen molar-refractivity contribution in [2.24, 2.45) is 13.0 Å². The first-order valence-corrected chi connectivity index (χ1v) is 14.8. The molecular weight excluding hydrogens is 517 g/mol. The number of alkyl halides is 1. The summed E-state index contributed by atoms with van der Waals surface area (Å²) < 4.78 is 29.0. The SMILES string of the molecule is CC(C)OC(=O)COC(CCN(C)C[C@@H]1CC[C@H](c2nc3ccccc3n2C)CC1F)c1ccc2ccccc2c1. The van der Waals surface area contributed by atoms with Gasteiger partial charge in [-0.05, 0) is 81.1 Å². The second-order valence-electron chi connectivity index (χ2n) is 11.8. The van der Waals surface area contributed by atoms with E-state index in [0.29, 0.717) is 19.4 Å². The van der Waals surface area contributed by atoms with E-state index in [1.54, 1.807) is 0 Å². The monoisotopic (exact) mass is 559 g/mol. The van der Waals surface area contributed by atoms with E-state index >= 15 is 4.39 Å². The van der Waals surface area contributed by atoms with Crippen molar-refractivity contribution < 1.29 is 18.7 Å². The molecule has 1 saturated carbocycles. The fourth-order valence-electron chi connectivity index (χ4n) is 6.20. The summed E-state index contributed by atoms with van der Waals surface area (Å²) in [5.74, 6) is 0.760. The maximum absolute atomic E-state index is 15.5. The molecule has 0 radical (unpaired) electrons. The molecule has 1 heterocycles. The Morgan fingerprint density at radius 1 is 1.07 bits per heavy atom. The smallest absolute Gasteiger partial charge is 0.332 e. The van der Waals surface area contributed by atoms with Crippen molar-refractivity contribution in [2.45, 2.75) is 63.8 Å². The number of para-hydroxylation sites is 2. The molecule has 1 aromatic heterocycles. The predicted octanol–water partition coefficient (Wildman–Crippen LogP) is 6.98. The van der Waals surface area contributed by atoms with Crippen LogP contribution in [0.15, 0.2) is 66.7 Å². The quantitative estimate of drug-likeness (QED) is 0.186. The van der Waals surface area contributed by atoms with Crippen LogP contribution < -0.4 is 0 Å². The molecule has 2 unspecified atom stereocenters. The Morgan fingerprint density at radius 3 is 2.59 bits per heavy atom. The largest absolute Gasteiger partial charge is 0.461 e.